The van der Waals surface area contributed by atoms with Gasteiger partial charge in [0.15, 0.2) is 11.5 Å². The average molecular weight is 498 g/mol. The highest BCUT2D eigenvalue weighted by Crippen LogP contribution is 2.56. The highest BCUT2D eigenvalue weighted by molar-refractivity contribution is 9.10. The highest BCUT2D eigenvalue weighted by Gasteiger charge is 2.35. The van der Waals surface area contributed by atoms with Gasteiger partial charge in [-0.2, -0.15) is 0 Å². The van der Waals surface area contributed by atoms with Crippen LogP contribution in [0.4, 0.5) is 5.82 Å². The lowest BCUT2D eigenvalue weighted by Crippen LogP contribution is -2.18. The predicted octanol–water partition coefficient (Wildman–Crippen LogP) is 3.53. The van der Waals surface area contributed by atoms with Gasteiger partial charge in [0.1, 0.15) is 23.9 Å². The lowest BCUT2D eigenvalue weighted by atomic mass is 10.1. The van der Waals surface area contributed by atoms with E-state index < -0.39 is 13.7 Å². The van der Waals surface area contributed by atoms with Gasteiger partial charge < -0.3 is 24.3 Å². The topological polar surface area (TPSA) is 124 Å². The zero-order chi connectivity index (χ0) is 21.1. The second kappa shape index (κ2) is 8.99. The first kappa shape index (κ1) is 21.2. The van der Waals surface area contributed by atoms with E-state index in [1.165, 1.54) is 6.33 Å². The van der Waals surface area contributed by atoms with Crippen LogP contribution in [0.5, 0.6) is 5.75 Å². The number of hydrogen-bond acceptors (Lipinski definition) is 9. The fraction of sp³-hybridized carbons (Fsp3) is 0.389. The van der Waals surface area contributed by atoms with Gasteiger partial charge in [-0.3, -0.25) is 9.09 Å². The van der Waals surface area contributed by atoms with E-state index in [0.717, 1.165) is 10.0 Å². The lowest BCUT2D eigenvalue weighted by molar-refractivity contribution is 0.0552. The molecule has 2 aromatic heterocycles. The van der Waals surface area contributed by atoms with Gasteiger partial charge in [0.25, 0.3) is 0 Å². The summed E-state index contributed by atoms with van der Waals surface area (Å²) in [6.07, 6.45) is 3.01. The molecule has 1 aliphatic rings. The molecule has 10 nitrogen and oxygen atoms in total. The van der Waals surface area contributed by atoms with Crippen LogP contribution in [0, 0.1) is 0 Å². The lowest BCUT2D eigenvalue weighted by Gasteiger charge is -2.30. The van der Waals surface area contributed by atoms with Crippen molar-refractivity contribution >= 4 is 40.5 Å². The molecular formula is C18H21BrN5O5P. The van der Waals surface area contributed by atoms with Crippen LogP contribution < -0.4 is 10.5 Å². The van der Waals surface area contributed by atoms with Gasteiger partial charge in [-0.25, -0.2) is 15.0 Å². The smallest absolute Gasteiger partial charge is 0.356 e. The van der Waals surface area contributed by atoms with E-state index in [1.807, 2.05) is 18.2 Å². The molecule has 1 aromatic carbocycles. The van der Waals surface area contributed by atoms with Gasteiger partial charge in [-0.15, -0.1) is 0 Å². The molecule has 2 atom stereocenters. The van der Waals surface area contributed by atoms with Crippen LogP contribution in [-0.4, -0.2) is 46.2 Å². The fourth-order valence-corrected chi connectivity index (χ4v) is 5.13. The minimum atomic E-state index is -3.41. The van der Waals surface area contributed by atoms with Crippen LogP contribution in [0.1, 0.15) is 18.1 Å². The molecule has 3 aromatic rings. The Morgan fingerprint density at radius 2 is 2.23 bits per heavy atom. The number of fused-ring (bicyclic) bond motifs is 1. The zero-order valence-electron chi connectivity index (χ0n) is 16.2. The Morgan fingerprint density at radius 3 is 3.07 bits per heavy atom. The number of benzene rings is 1. The Hall–Kier alpha value is -2.04. The van der Waals surface area contributed by atoms with Crippen LogP contribution >= 0.6 is 23.5 Å². The first-order chi connectivity index (χ1) is 14.5. The van der Waals surface area contributed by atoms with E-state index in [9.17, 15) is 4.57 Å². The van der Waals surface area contributed by atoms with Crippen molar-refractivity contribution in [2.24, 2.45) is 0 Å². The van der Waals surface area contributed by atoms with Crippen molar-refractivity contribution in [2.45, 2.75) is 19.1 Å². The Bertz CT molecular complexity index is 1090. The van der Waals surface area contributed by atoms with Crippen molar-refractivity contribution in [1.29, 1.82) is 0 Å². The third-order valence-electron chi connectivity index (χ3n) is 4.65. The van der Waals surface area contributed by atoms with E-state index in [2.05, 4.69) is 30.9 Å². The summed E-state index contributed by atoms with van der Waals surface area (Å²) >= 11 is 3.45. The molecule has 0 aliphatic carbocycles. The number of rotatable bonds is 7. The molecule has 4 rings (SSSR count). The van der Waals surface area contributed by atoms with Crippen LogP contribution in [0.15, 0.2) is 35.3 Å². The molecule has 0 radical (unpaired) electrons. The maximum absolute atomic E-state index is 13.0. The number of nitrogens with two attached hydrogens (primary N) is 1. The Balaban J connectivity index is 1.37. The number of aromatic nitrogens is 4. The number of hydrogen-bond donors (Lipinski definition) is 1. The highest BCUT2D eigenvalue weighted by atomic mass is 79.9. The maximum atomic E-state index is 13.0. The monoisotopic (exact) mass is 497 g/mol. The summed E-state index contributed by atoms with van der Waals surface area (Å²) in [4.78, 5) is 12.3. The van der Waals surface area contributed by atoms with Gasteiger partial charge in [-0.1, -0.05) is 15.9 Å². The van der Waals surface area contributed by atoms with E-state index in [1.54, 1.807) is 18.0 Å². The average Bonchev–Trinajstić information content (AvgIpc) is 3.16. The standard InChI is InChI=1S/C18H21BrN5O5P/c1-26-14-3-2-12(19)8-13(14)15-4-6-28-30(25,29-15)11-27-7-5-24-10-23-16-17(20)21-9-22-18(16)24/h2-3,8-10,15H,4-7,11H2,1H3,(H2,20,21,22). The van der Waals surface area contributed by atoms with Crippen molar-refractivity contribution < 1.29 is 23.1 Å². The summed E-state index contributed by atoms with van der Waals surface area (Å²) in [5, 5.41) is 0. The third kappa shape index (κ3) is 4.50. The molecule has 0 bridgehead atoms. The minimum Gasteiger partial charge on any atom is -0.496 e. The number of anilines is 1. The minimum absolute atomic E-state index is 0.149. The van der Waals surface area contributed by atoms with E-state index in [4.69, 9.17) is 24.3 Å². The number of imidazole rings is 1. The molecule has 0 saturated carbocycles. The Kier molecular flexibility index (Phi) is 6.35. The summed E-state index contributed by atoms with van der Waals surface area (Å²) in [6, 6.07) is 5.62. The van der Waals surface area contributed by atoms with Gasteiger partial charge >= 0.3 is 7.60 Å². The molecule has 1 aliphatic heterocycles. The molecule has 2 unspecified atom stereocenters. The van der Waals surface area contributed by atoms with Gasteiger partial charge in [0.05, 0.1) is 32.8 Å². The summed E-state index contributed by atoms with van der Waals surface area (Å²) in [6.45, 7) is 1.04. The summed E-state index contributed by atoms with van der Waals surface area (Å²) in [5.74, 6) is 0.993. The van der Waals surface area contributed by atoms with E-state index in [-0.39, 0.29) is 13.0 Å². The largest absolute Gasteiger partial charge is 0.496 e. The molecule has 12 heteroatoms. The summed E-state index contributed by atoms with van der Waals surface area (Å²) in [7, 11) is -1.82. The summed E-state index contributed by atoms with van der Waals surface area (Å²) < 4.78 is 38.0. The number of ether oxygens (including phenoxy) is 2. The molecule has 0 spiro atoms. The van der Waals surface area contributed by atoms with Gasteiger partial charge in [0, 0.05) is 23.0 Å². The molecule has 1 fully saturated rings. The van der Waals surface area contributed by atoms with Crippen LogP contribution in [0.3, 0.4) is 0 Å². The molecule has 30 heavy (non-hydrogen) atoms. The normalized spacial score (nSPS) is 21.7. The number of nitrogen functional groups attached to an aromatic ring is 1. The molecule has 3 heterocycles. The van der Waals surface area contributed by atoms with Crippen molar-refractivity contribution in [2.75, 3.05) is 32.4 Å². The molecule has 0 amide bonds. The first-order valence-electron chi connectivity index (χ1n) is 9.23. The number of halogens is 1. The quantitative estimate of drug-likeness (QED) is 0.385. The van der Waals surface area contributed by atoms with E-state index >= 15 is 0 Å². The second-order valence-corrected chi connectivity index (χ2v) is 9.48. The van der Waals surface area contributed by atoms with Crippen molar-refractivity contribution in [1.82, 2.24) is 19.5 Å². The number of nitrogens with zero attached hydrogens (tertiary/aromatic N) is 4. The molecule has 160 valence electrons. The molecule has 2 N–H and O–H groups in total. The maximum Gasteiger partial charge on any atom is 0.356 e. The fourth-order valence-electron chi connectivity index (χ4n) is 3.21. The van der Waals surface area contributed by atoms with Crippen LogP contribution in [0.25, 0.3) is 11.2 Å². The van der Waals surface area contributed by atoms with Gasteiger partial charge in [-0.05, 0) is 18.2 Å². The predicted molar refractivity (Wildman–Crippen MR) is 113 cm³/mol. The molecular weight excluding hydrogens is 477 g/mol. The first-order valence-corrected chi connectivity index (χ1v) is 11.8. The van der Waals surface area contributed by atoms with Crippen LogP contribution in [0.2, 0.25) is 0 Å². The van der Waals surface area contributed by atoms with Crippen molar-refractivity contribution in [3.63, 3.8) is 0 Å². The Morgan fingerprint density at radius 1 is 1.37 bits per heavy atom. The van der Waals surface area contributed by atoms with Crippen LogP contribution in [-0.2, 0) is 24.9 Å². The van der Waals surface area contributed by atoms with Gasteiger partial charge in [0.2, 0.25) is 0 Å². The second-order valence-electron chi connectivity index (χ2n) is 6.62. The number of methoxy groups -OCH3 is 1. The summed E-state index contributed by atoms with van der Waals surface area (Å²) in [5.41, 5.74) is 7.76. The Labute approximate surface area is 181 Å². The molecule has 1 saturated heterocycles. The SMILES string of the molecule is COc1ccc(Br)cc1C1CCOP(=O)(COCCn2cnc3c(N)ncnc32)O1. The zero-order valence-corrected chi connectivity index (χ0v) is 18.7. The van der Waals surface area contributed by atoms with Crippen molar-refractivity contribution in [3.05, 3.63) is 40.9 Å². The third-order valence-corrected chi connectivity index (χ3v) is 6.79. The van der Waals surface area contributed by atoms with E-state index in [0.29, 0.717) is 42.3 Å². The van der Waals surface area contributed by atoms with Crippen molar-refractivity contribution in [3.8, 4) is 5.75 Å².